The molecule has 0 amide bonds. The highest BCUT2D eigenvalue weighted by Crippen LogP contribution is 2.31. The molecule has 0 atom stereocenters. The highest BCUT2D eigenvalue weighted by molar-refractivity contribution is 9.10. The molecule has 0 spiro atoms. The van der Waals surface area contributed by atoms with E-state index in [2.05, 4.69) is 36.8 Å². The molecule has 0 unspecified atom stereocenters. The molecule has 0 saturated carbocycles. The number of carbonyl (C=O) groups is 1. The molecule has 0 saturated heterocycles. The Bertz CT molecular complexity index is 1050. The first-order valence-electron chi connectivity index (χ1n) is 6.73. The molecule has 3 aromatic rings. The van der Waals surface area contributed by atoms with Crippen molar-refractivity contribution in [3.05, 3.63) is 67.2 Å². The summed E-state index contributed by atoms with van der Waals surface area (Å²) in [4.78, 5) is 27.9. The van der Waals surface area contributed by atoms with Crippen LogP contribution in [0, 0.1) is 0 Å². The van der Waals surface area contributed by atoms with E-state index in [1.165, 1.54) is 24.3 Å². The monoisotopic (exact) mass is 449 g/mol. The number of hydrogen-bond acceptors (Lipinski definition) is 4. The predicted octanol–water partition coefficient (Wildman–Crippen LogP) is 4.19. The maximum Gasteiger partial charge on any atom is 0.336 e. The average molecular weight is 451 g/mol. The van der Waals surface area contributed by atoms with E-state index in [0.717, 1.165) is 4.47 Å². The molecule has 0 aliphatic heterocycles. The first-order valence-corrected chi connectivity index (χ1v) is 8.32. The number of aromatic hydroxyl groups is 1. The molecule has 2 aromatic carbocycles. The fraction of sp³-hybridized carbons (Fsp3) is 0. The van der Waals surface area contributed by atoms with E-state index < -0.39 is 17.1 Å². The first kappa shape index (κ1) is 16.6. The zero-order chi connectivity index (χ0) is 17.4. The minimum absolute atomic E-state index is 0.0331. The molecule has 0 bridgehead atoms. The summed E-state index contributed by atoms with van der Waals surface area (Å²) in [6, 6.07) is 10.7. The van der Waals surface area contributed by atoms with Crippen LogP contribution < -0.4 is 5.43 Å². The van der Waals surface area contributed by atoms with Crippen molar-refractivity contribution in [3.8, 4) is 17.0 Å². The second kappa shape index (κ2) is 6.33. The lowest BCUT2D eigenvalue weighted by molar-refractivity contribution is 0.0699. The zero-order valence-corrected chi connectivity index (χ0v) is 15.1. The van der Waals surface area contributed by atoms with E-state index in [1.807, 2.05) is 0 Å². The second-order valence-electron chi connectivity index (χ2n) is 5.01. The lowest BCUT2D eigenvalue weighted by atomic mass is 10.0. The van der Waals surface area contributed by atoms with Crippen LogP contribution in [0.5, 0.6) is 5.75 Å². The number of benzene rings is 1. The fourth-order valence-corrected chi connectivity index (χ4v) is 3.05. The van der Waals surface area contributed by atoms with E-state index in [9.17, 15) is 19.8 Å². The van der Waals surface area contributed by atoms with Gasteiger partial charge in [-0.05, 0) is 42.5 Å². The first-order chi connectivity index (χ1) is 11.4. The van der Waals surface area contributed by atoms with Crippen molar-refractivity contribution in [2.45, 2.75) is 0 Å². The van der Waals surface area contributed by atoms with Crippen molar-refractivity contribution in [1.29, 1.82) is 0 Å². The standard InChI is InChI=1S/C17H9Br2NO4/c18-8-1-3-13-10(5-8)11(17(23)24)7-14(20-13)12-6-9(19)2-4-15(21)16(12)22/h1-7H,(H,21,22)(H,23,24). The van der Waals surface area contributed by atoms with Gasteiger partial charge >= 0.3 is 5.97 Å². The van der Waals surface area contributed by atoms with E-state index in [0.29, 0.717) is 15.4 Å². The van der Waals surface area contributed by atoms with Gasteiger partial charge in [0.1, 0.15) is 0 Å². The number of carboxylic acid groups (broad SMARTS) is 1. The molecule has 3 rings (SSSR count). The lowest BCUT2D eigenvalue weighted by Gasteiger charge is -2.08. The Morgan fingerprint density at radius 1 is 1.00 bits per heavy atom. The number of aromatic nitrogens is 1. The molecule has 0 aliphatic rings. The van der Waals surface area contributed by atoms with Gasteiger partial charge in [0.05, 0.1) is 16.8 Å². The van der Waals surface area contributed by atoms with Crippen molar-refractivity contribution >= 4 is 48.7 Å². The molecule has 0 radical (unpaired) electrons. The maximum absolute atomic E-state index is 11.9. The number of rotatable bonds is 2. The molecule has 7 heteroatoms. The third kappa shape index (κ3) is 3.05. The van der Waals surface area contributed by atoms with Crippen molar-refractivity contribution in [3.63, 3.8) is 0 Å². The van der Waals surface area contributed by atoms with Gasteiger partial charge in [0.15, 0.2) is 5.75 Å². The maximum atomic E-state index is 11.9. The molecule has 24 heavy (non-hydrogen) atoms. The van der Waals surface area contributed by atoms with Crippen LogP contribution in [0.3, 0.4) is 0 Å². The molecule has 1 heterocycles. The topological polar surface area (TPSA) is 87.5 Å². The smallest absolute Gasteiger partial charge is 0.336 e. The molecular formula is C17H9Br2NO4. The number of carboxylic acids is 1. The SMILES string of the molecule is O=C(O)c1cc(-c2cc(Br)ccc(=O)c2O)nc2ccc(Br)cc12. The number of pyridine rings is 1. The van der Waals surface area contributed by atoms with Crippen LogP contribution in [0.15, 0.2) is 56.2 Å². The van der Waals surface area contributed by atoms with Crippen LogP contribution in [-0.2, 0) is 0 Å². The summed E-state index contributed by atoms with van der Waals surface area (Å²) in [5, 5.41) is 20.1. The zero-order valence-electron chi connectivity index (χ0n) is 12.0. The van der Waals surface area contributed by atoms with Gasteiger partial charge in [0, 0.05) is 19.9 Å². The largest absolute Gasteiger partial charge is 0.504 e. The van der Waals surface area contributed by atoms with Crippen LogP contribution in [0.4, 0.5) is 0 Å². The molecular weight excluding hydrogens is 442 g/mol. The van der Waals surface area contributed by atoms with Crippen LogP contribution >= 0.6 is 31.9 Å². The Morgan fingerprint density at radius 3 is 2.38 bits per heavy atom. The van der Waals surface area contributed by atoms with E-state index in [1.54, 1.807) is 18.2 Å². The average Bonchev–Trinajstić information content (AvgIpc) is 2.67. The summed E-state index contributed by atoms with van der Waals surface area (Å²) in [5.41, 5.74) is 0.261. The highest BCUT2D eigenvalue weighted by Gasteiger charge is 2.16. The van der Waals surface area contributed by atoms with Crippen molar-refractivity contribution in [1.82, 2.24) is 4.98 Å². The normalized spacial score (nSPS) is 10.8. The minimum atomic E-state index is -1.12. The Kier molecular flexibility index (Phi) is 4.38. The second-order valence-corrected chi connectivity index (χ2v) is 6.84. The molecule has 120 valence electrons. The van der Waals surface area contributed by atoms with E-state index in [4.69, 9.17) is 0 Å². The number of nitrogens with zero attached hydrogens (tertiary/aromatic N) is 1. The predicted molar refractivity (Wildman–Crippen MR) is 97.5 cm³/mol. The molecule has 1 aromatic heterocycles. The lowest BCUT2D eigenvalue weighted by Crippen LogP contribution is -2.01. The van der Waals surface area contributed by atoms with E-state index >= 15 is 0 Å². The summed E-state index contributed by atoms with van der Waals surface area (Å²) in [6.45, 7) is 0. The van der Waals surface area contributed by atoms with Gasteiger partial charge < -0.3 is 10.2 Å². The Hall–Kier alpha value is -2.25. The van der Waals surface area contributed by atoms with Crippen molar-refractivity contribution in [2.75, 3.05) is 0 Å². The van der Waals surface area contributed by atoms with Gasteiger partial charge in [-0.2, -0.15) is 0 Å². The van der Waals surface area contributed by atoms with Crippen LogP contribution in [0.2, 0.25) is 0 Å². The number of aromatic carboxylic acids is 1. The molecule has 5 nitrogen and oxygen atoms in total. The Morgan fingerprint density at radius 2 is 1.67 bits per heavy atom. The van der Waals surface area contributed by atoms with Gasteiger partial charge in [0.25, 0.3) is 0 Å². The fourth-order valence-electron chi connectivity index (χ4n) is 2.33. The summed E-state index contributed by atoms with van der Waals surface area (Å²) in [7, 11) is 0. The van der Waals surface area contributed by atoms with Crippen molar-refractivity contribution < 1.29 is 15.0 Å². The summed E-state index contributed by atoms with van der Waals surface area (Å²) in [5.74, 6) is -1.61. The van der Waals surface area contributed by atoms with Crippen LogP contribution in [0.1, 0.15) is 10.4 Å². The highest BCUT2D eigenvalue weighted by atomic mass is 79.9. The van der Waals surface area contributed by atoms with Gasteiger partial charge in [-0.3, -0.25) is 4.79 Å². The number of fused-ring (bicyclic) bond motifs is 1. The Balaban J connectivity index is 2.41. The van der Waals surface area contributed by atoms with E-state index in [-0.39, 0.29) is 16.8 Å². The summed E-state index contributed by atoms with van der Waals surface area (Å²) in [6.07, 6.45) is 0. The number of hydrogen-bond donors (Lipinski definition) is 2. The van der Waals surface area contributed by atoms with Gasteiger partial charge in [-0.15, -0.1) is 0 Å². The third-order valence-corrected chi connectivity index (χ3v) is 4.43. The summed E-state index contributed by atoms with van der Waals surface area (Å²) < 4.78 is 1.29. The van der Waals surface area contributed by atoms with Gasteiger partial charge in [-0.25, -0.2) is 9.78 Å². The molecule has 0 aliphatic carbocycles. The summed E-state index contributed by atoms with van der Waals surface area (Å²) >= 11 is 6.57. The van der Waals surface area contributed by atoms with Crippen LogP contribution in [0.25, 0.3) is 22.2 Å². The quantitative estimate of drug-likeness (QED) is 0.611. The van der Waals surface area contributed by atoms with Crippen LogP contribution in [-0.4, -0.2) is 21.2 Å². The molecule has 2 N–H and O–H groups in total. The number of halogens is 2. The third-order valence-electron chi connectivity index (χ3n) is 3.44. The molecule has 0 fully saturated rings. The Labute approximate surface area is 152 Å². The van der Waals surface area contributed by atoms with Crippen molar-refractivity contribution in [2.24, 2.45) is 0 Å². The van der Waals surface area contributed by atoms with Gasteiger partial charge in [0.2, 0.25) is 5.43 Å². The van der Waals surface area contributed by atoms with Gasteiger partial charge in [-0.1, -0.05) is 31.9 Å². The minimum Gasteiger partial charge on any atom is -0.504 e.